The molecule has 0 saturated carbocycles. The number of carbonyl (C=O) groups excluding carboxylic acids is 2. The molecule has 1 aliphatic rings. The third-order valence-electron chi connectivity index (χ3n) is 6.47. The summed E-state index contributed by atoms with van der Waals surface area (Å²) < 4.78 is 0. The maximum absolute atomic E-state index is 13.9. The SMILES string of the molecule is CN(C(=O)C=Cc1ccccc1)[C@H]1C[C@@H](C(=O)O)N(C(=O)C(c2ccccc2)c2ccccc2)C1. The van der Waals surface area contributed by atoms with Crippen molar-refractivity contribution < 1.29 is 19.5 Å². The number of carboxylic acid groups (broad SMARTS) is 1. The Hall–Kier alpha value is -4.19. The molecule has 2 amide bonds. The molecule has 0 bridgehead atoms. The molecule has 35 heavy (non-hydrogen) atoms. The van der Waals surface area contributed by atoms with Crippen molar-refractivity contribution in [3.63, 3.8) is 0 Å². The fraction of sp³-hybridized carbons (Fsp3) is 0.207. The highest BCUT2D eigenvalue weighted by atomic mass is 16.4. The van der Waals surface area contributed by atoms with E-state index in [0.717, 1.165) is 16.7 Å². The Morgan fingerprint density at radius 1 is 0.886 bits per heavy atom. The highest BCUT2D eigenvalue weighted by Crippen LogP contribution is 2.31. The second-order valence-electron chi connectivity index (χ2n) is 8.68. The number of carbonyl (C=O) groups is 3. The lowest BCUT2D eigenvalue weighted by Gasteiger charge is -2.28. The molecule has 1 heterocycles. The molecule has 0 unspecified atom stereocenters. The minimum atomic E-state index is -1.07. The van der Waals surface area contributed by atoms with E-state index >= 15 is 0 Å². The first-order valence-corrected chi connectivity index (χ1v) is 11.6. The smallest absolute Gasteiger partial charge is 0.326 e. The van der Waals surface area contributed by atoms with E-state index in [1.54, 1.807) is 13.1 Å². The van der Waals surface area contributed by atoms with Crippen molar-refractivity contribution in [1.29, 1.82) is 0 Å². The number of likely N-dealkylation sites (tertiary alicyclic amines) is 1. The Morgan fingerprint density at radius 2 is 1.40 bits per heavy atom. The Labute approximate surface area is 205 Å². The molecule has 0 aliphatic carbocycles. The highest BCUT2D eigenvalue weighted by Gasteiger charge is 2.44. The molecule has 3 aromatic carbocycles. The van der Waals surface area contributed by atoms with Crippen LogP contribution in [0.5, 0.6) is 0 Å². The summed E-state index contributed by atoms with van der Waals surface area (Å²) in [4.78, 5) is 41.8. The van der Waals surface area contributed by atoms with Gasteiger partial charge in [0.1, 0.15) is 6.04 Å². The monoisotopic (exact) mass is 468 g/mol. The Kier molecular flexibility index (Phi) is 7.41. The average molecular weight is 469 g/mol. The molecule has 178 valence electrons. The number of carboxylic acids is 1. The van der Waals surface area contributed by atoms with E-state index in [1.807, 2.05) is 91.0 Å². The van der Waals surface area contributed by atoms with Crippen molar-refractivity contribution in [2.24, 2.45) is 0 Å². The lowest BCUT2D eigenvalue weighted by molar-refractivity contribution is -0.148. The molecule has 1 saturated heterocycles. The number of benzene rings is 3. The summed E-state index contributed by atoms with van der Waals surface area (Å²) in [6.45, 7) is 0.160. The summed E-state index contributed by atoms with van der Waals surface area (Å²) in [6, 6.07) is 26.8. The topological polar surface area (TPSA) is 77.9 Å². The van der Waals surface area contributed by atoms with E-state index in [2.05, 4.69) is 0 Å². The molecule has 1 N–H and O–H groups in total. The molecule has 0 aromatic heterocycles. The van der Waals surface area contributed by atoms with Crippen LogP contribution in [-0.2, 0) is 14.4 Å². The fourth-order valence-electron chi connectivity index (χ4n) is 4.54. The van der Waals surface area contributed by atoms with Crippen molar-refractivity contribution in [3.8, 4) is 0 Å². The summed E-state index contributed by atoms with van der Waals surface area (Å²) in [7, 11) is 1.65. The van der Waals surface area contributed by atoms with E-state index in [-0.39, 0.29) is 24.8 Å². The van der Waals surface area contributed by atoms with Crippen LogP contribution in [0.15, 0.2) is 97.1 Å². The van der Waals surface area contributed by atoms with Crippen LogP contribution in [0.25, 0.3) is 6.08 Å². The molecule has 1 fully saturated rings. The van der Waals surface area contributed by atoms with Gasteiger partial charge in [-0.2, -0.15) is 0 Å². The van der Waals surface area contributed by atoms with Crippen molar-refractivity contribution in [2.45, 2.75) is 24.4 Å². The standard InChI is InChI=1S/C29H28N2O4/c1-30(26(32)18-17-21-11-5-2-6-12-21)24-19-25(29(34)35)31(20-24)28(33)27(22-13-7-3-8-14-22)23-15-9-4-10-16-23/h2-18,24-25,27H,19-20H2,1H3,(H,34,35)/t24-,25-/m0/s1. The quantitative estimate of drug-likeness (QED) is 0.531. The molecule has 6 heteroatoms. The Bertz CT molecular complexity index is 1160. The van der Waals surface area contributed by atoms with E-state index in [1.165, 1.54) is 15.9 Å². The lowest BCUT2D eigenvalue weighted by Crippen LogP contribution is -2.44. The predicted molar refractivity (Wildman–Crippen MR) is 135 cm³/mol. The first kappa shape index (κ1) is 24.0. The van der Waals surface area contributed by atoms with Crippen LogP contribution < -0.4 is 0 Å². The van der Waals surface area contributed by atoms with Crippen molar-refractivity contribution >= 4 is 23.9 Å². The van der Waals surface area contributed by atoms with Gasteiger partial charge < -0.3 is 14.9 Å². The summed E-state index contributed by atoms with van der Waals surface area (Å²) in [5.41, 5.74) is 2.49. The molecule has 0 radical (unpaired) electrons. The molecule has 0 spiro atoms. The zero-order chi connectivity index (χ0) is 24.8. The van der Waals surface area contributed by atoms with Crippen LogP contribution in [0.3, 0.4) is 0 Å². The third-order valence-corrected chi connectivity index (χ3v) is 6.47. The van der Waals surface area contributed by atoms with Crippen LogP contribution in [0.1, 0.15) is 29.0 Å². The molecular weight excluding hydrogens is 440 g/mol. The van der Waals surface area contributed by atoms with Crippen LogP contribution in [-0.4, -0.2) is 58.4 Å². The summed E-state index contributed by atoms with van der Waals surface area (Å²) in [5, 5.41) is 9.93. The number of amides is 2. The van der Waals surface area contributed by atoms with Crippen LogP contribution in [0.2, 0.25) is 0 Å². The number of aliphatic carboxylic acids is 1. The van der Waals surface area contributed by atoms with E-state index in [4.69, 9.17) is 0 Å². The van der Waals surface area contributed by atoms with Crippen molar-refractivity contribution in [2.75, 3.05) is 13.6 Å². The minimum absolute atomic E-state index is 0.160. The van der Waals surface area contributed by atoms with Gasteiger partial charge in [0.05, 0.1) is 12.0 Å². The van der Waals surface area contributed by atoms with Crippen molar-refractivity contribution in [1.82, 2.24) is 9.80 Å². The zero-order valence-corrected chi connectivity index (χ0v) is 19.5. The number of hydrogen-bond donors (Lipinski definition) is 1. The van der Waals surface area contributed by atoms with E-state index in [0.29, 0.717) is 0 Å². The maximum Gasteiger partial charge on any atom is 0.326 e. The fourth-order valence-corrected chi connectivity index (χ4v) is 4.54. The Morgan fingerprint density at radius 3 is 1.91 bits per heavy atom. The second kappa shape index (κ2) is 10.8. The van der Waals surface area contributed by atoms with Gasteiger partial charge in [-0.25, -0.2) is 4.79 Å². The second-order valence-corrected chi connectivity index (χ2v) is 8.68. The molecule has 4 rings (SSSR count). The molecule has 3 aromatic rings. The molecule has 2 atom stereocenters. The van der Waals surface area contributed by atoms with Crippen LogP contribution in [0, 0.1) is 0 Å². The normalized spacial score (nSPS) is 17.6. The molecule has 1 aliphatic heterocycles. The van der Waals surface area contributed by atoms with Gasteiger partial charge in [0.25, 0.3) is 0 Å². The van der Waals surface area contributed by atoms with Gasteiger partial charge in [0, 0.05) is 26.1 Å². The molecular formula is C29H28N2O4. The van der Waals surface area contributed by atoms with Gasteiger partial charge in [-0.05, 0) is 22.8 Å². The van der Waals surface area contributed by atoms with Gasteiger partial charge in [-0.3, -0.25) is 9.59 Å². The summed E-state index contributed by atoms with van der Waals surface area (Å²) in [6.07, 6.45) is 3.39. The van der Waals surface area contributed by atoms with E-state index < -0.39 is 24.0 Å². The Balaban J connectivity index is 1.57. The largest absolute Gasteiger partial charge is 0.480 e. The predicted octanol–water partition coefficient (Wildman–Crippen LogP) is 4.04. The average Bonchev–Trinajstić information content (AvgIpc) is 3.35. The van der Waals surface area contributed by atoms with Gasteiger partial charge in [-0.1, -0.05) is 91.0 Å². The summed E-state index contributed by atoms with van der Waals surface area (Å²) in [5.74, 6) is -2.21. The van der Waals surface area contributed by atoms with Crippen LogP contribution >= 0.6 is 0 Å². The lowest BCUT2D eigenvalue weighted by atomic mass is 9.90. The van der Waals surface area contributed by atoms with E-state index in [9.17, 15) is 19.5 Å². The number of likely N-dealkylation sites (N-methyl/N-ethyl adjacent to an activating group) is 1. The first-order chi connectivity index (χ1) is 17.0. The maximum atomic E-state index is 13.9. The van der Waals surface area contributed by atoms with Gasteiger partial charge in [-0.15, -0.1) is 0 Å². The first-order valence-electron chi connectivity index (χ1n) is 11.6. The molecule has 6 nitrogen and oxygen atoms in total. The third kappa shape index (κ3) is 5.49. The van der Waals surface area contributed by atoms with Gasteiger partial charge in [0.2, 0.25) is 11.8 Å². The van der Waals surface area contributed by atoms with Crippen molar-refractivity contribution in [3.05, 3.63) is 114 Å². The summed E-state index contributed by atoms with van der Waals surface area (Å²) >= 11 is 0. The zero-order valence-electron chi connectivity index (χ0n) is 19.5. The number of rotatable bonds is 7. The number of nitrogens with zero attached hydrogens (tertiary/aromatic N) is 2. The minimum Gasteiger partial charge on any atom is -0.480 e. The van der Waals surface area contributed by atoms with Gasteiger partial charge >= 0.3 is 5.97 Å². The highest BCUT2D eigenvalue weighted by molar-refractivity contribution is 5.93. The van der Waals surface area contributed by atoms with Gasteiger partial charge in [0.15, 0.2) is 0 Å². The van der Waals surface area contributed by atoms with Crippen LogP contribution in [0.4, 0.5) is 0 Å². The number of hydrogen-bond acceptors (Lipinski definition) is 3.